The number of nitrogens with zero attached hydrogens (tertiary/aromatic N) is 1. The van der Waals surface area contributed by atoms with Crippen LogP contribution >= 0.6 is 0 Å². The number of aliphatic hydroxyl groups excluding tert-OH is 1. The SMILES string of the molecule is O[C@@H](COCc1ccccc1F)C[NH+]1CCN(c2ccccc2)CC1. The van der Waals surface area contributed by atoms with E-state index in [4.69, 9.17) is 4.74 Å². The fourth-order valence-corrected chi connectivity index (χ4v) is 3.24. The summed E-state index contributed by atoms with van der Waals surface area (Å²) in [6, 6.07) is 17.0. The first kappa shape index (κ1) is 17.9. The molecule has 1 saturated heterocycles. The molecule has 0 amide bonds. The maximum absolute atomic E-state index is 13.5. The number of rotatable bonds is 7. The molecule has 0 spiro atoms. The standard InChI is InChI=1S/C20H25FN2O2/c21-20-9-5-4-6-17(20)15-25-16-19(24)14-22-10-12-23(13-11-22)18-7-2-1-3-8-18/h1-9,19,24H,10-16H2/p+1/t19-/m1/s1. The molecule has 0 radical (unpaired) electrons. The van der Waals surface area contributed by atoms with Crippen LogP contribution in [0.4, 0.5) is 10.1 Å². The minimum Gasteiger partial charge on any atom is -0.385 e. The number of aliphatic hydroxyl groups is 1. The Hall–Kier alpha value is -1.95. The average molecular weight is 345 g/mol. The second kappa shape index (κ2) is 8.94. The first-order valence-corrected chi connectivity index (χ1v) is 8.85. The smallest absolute Gasteiger partial charge is 0.128 e. The lowest BCUT2D eigenvalue weighted by Crippen LogP contribution is -3.16. The number of ether oxygens (including phenoxy) is 1. The highest BCUT2D eigenvalue weighted by Gasteiger charge is 2.22. The van der Waals surface area contributed by atoms with Gasteiger partial charge in [0.25, 0.3) is 0 Å². The molecule has 0 bridgehead atoms. The van der Waals surface area contributed by atoms with Crippen molar-refractivity contribution in [1.29, 1.82) is 0 Å². The van der Waals surface area contributed by atoms with Crippen molar-refractivity contribution < 1.29 is 19.1 Å². The normalized spacial score (nSPS) is 16.8. The van der Waals surface area contributed by atoms with Gasteiger partial charge < -0.3 is 19.6 Å². The summed E-state index contributed by atoms with van der Waals surface area (Å²) < 4.78 is 19.0. The van der Waals surface area contributed by atoms with Crippen LogP contribution in [0.2, 0.25) is 0 Å². The highest BCUT2D eigenvalue weighted by molar-refractivity contribution is 5.46. The fraction of sp³-hybridized carbons (Fsp3) is 0.400. The number of para-hydroxylation sites is 1. The summed E-state index contributed by atoms with van der Waals surface area (Å²) in [5, 5.41) is 10.2. The van der Waals surface area contributed by atoms with Crippen LogP contribution in [0.3, 0.4) is 0 Å². The first-order valence-electron chi connectivity index (χ1n) is 8.85. The maximum atomic E-state index is 13.5. The molecule has 2 aromatic rings. The number of hydrogen-bond donors (Lipinski definition) is 2. The van der Waals surface area contributed by atoms with Crippen molar-refractivity contribution in [3.05, 3.63) is 66.0 Å². The maximum Gasteiger partial charge on any atom is 0.128 e. The van der Waals surface area contributed by atoms with Crippen LogP contribution < -0.4 is 9.80 Å². The molecular formula is C20H26FN2O2+. The van der Waals surface area contributed by atoms with Gasteiger partial charge >= 0.3 is 0 Å². The lowest BCUT2D eigenvalue weighted by molar-refractivity contribution is -0.903. The van der Waals surface area contributed by atoms with E-state index in [-0.39, 0.29) is 19.0 Å². The predicted molar refractivity (Wildman–Crippen MR) is 96.3 cm³/mol. The Kier molecular flexibility index (Phi) is 6.39. The zero-order chi connectivity index (χ0) is 17.5. The van der Waals surface area contributed by atoms with Gasteiger partial charge in [0.1, 0.15) is 18.5 Å². The van der Waals surface area contributed by atoms with Gasteiger partial charge in [0.15, 0.2) is 0 Å². The molecule has 0 unspecified atom stereocenters. The summed E-state index contributed by atoms with van der Waals surface area (Å²) in [5.74, 6) is -0.264. The Bertz CT molecular complexity index is 645. The number of nitrogens with one attached hydrogen (secondary N) is 1. The van der Waals surface area contributed by atoms with E-state index in [1.54, 1.807) is 18.2 Å². The fourth-order valence-electron chi connectivity index (χ4n) is 3.24. The number of quaternary nitrogens is 1. The Labute approximate surface area is 148 Å². The Morgan fingerprint density at radius 2 is 1.72 bits per heavy atom. The highest BCUT2D eigenvalue weighted by atomic mass is 19.1. The summed E-state index contributed by atoms with van der Waals surface area (Å²) >= 11 is 0. The lowest BCUT2D eigenvalue weighted by atomic mass is 10.2. The van der Waals surface area contributed by atoms with Gasteiger partial charge in [-0.3, -0.25) is 0 Å². The van der Waals surface area contributed by atoms with E-state index in [1.165, 1.54) is 16.7 Å². The van der Waals surface area contributed by atoms with Gasteiger partial charge in [-0.2, -0.15) is 0 Å². The van der Waals surface area contributed by atoms with E-state index in [2.05, 4.69) is 29.2 Å². The molecule has 134 valence electrons. The van der Waals surface area contributed by atoms with Crippen LogP contribution in [-0.4, -0.2) is 50.5 Å². The third-order valence-corrected chi connectivity index (χ3v) is 4.64. The molecule has 0 aromatic heterocycles. The Morgan fingerprint density at radius 3 is 2.44 bits per heavy atom. The van der Waals surface area contributed by atoms with Crippen molar-refractivity contribution in [3.8, 4) is 0 Å². The Morgan fingerprint density at radius 1 is 1.04 bits per heavy atom. The zero-order valence-electron chi connectivity index (χ0n) is 14.4. The van der Waals surface area contributed by atoms with Gasteiger partial charge in [0, 0.05) is 11.3 Å². The van der Waals surface area contributed by atoms with Crippen molar-refractivity contribution in [2.45, 2.75) is 12.7 Å². The topological polar surface area (TPSA) is 37.1 Å². The largest absolute Gasteiger partial charge is 0.385 e. The summed E-state index contributed by atoms with van der Waals surface area (Å²) in [6.07, 6.45) is -0.523. The van der Waals surface area contributed by atoms with Crippen molar-refractivity contribution in [1.82, 2.24) is 0 Å². The molecular weight excluding hydrogens is 319 g/mol. The second-order valence-electron chi connectivity index (χ2n) is 6.54. The van der Waals surface area contributed by atoms with E-state index < -0.39 is 6.10 Å². The van der Waals surface area contributed by atoms with Crippen LogP contribution in [0.1, 0.15) is 5.56 Å². The Balaban J connectivity index is 1.36. The minimum absolute atomic E-state index is 0.195. The molecule has 3 rings (SSSR count). The number of benzene rings is 2. The quantitative estimate of drug-likeness (QED) is 0.789. The van der Waals surface area contributed by atoms with Gasteiger partial charge in [-0.05, 0) is 18.2 Å². The van der Waals surface area contributed by atoms with Gasteiger partial charge in [0.05, 0.1) is 39.4 Å². The molecule has 25 heavy (non-hydrogen) atoms. The van der Waals surface area contributed by atoms with E-state index >= 15 is 0 Å². The highest BCUT2D eigenvalue weighted by Crippen LogP contribution is 2.12. The molecule has 1 atom stereocenters. The summed E-state index contributed by atoms with van der Waals surface area (Å²) in [4.78, 5) is 3.76. The number of halogens is 1. The molecule has 5 heteroatoms. The summed E-state index contributed by atoms with van der Waals surface area (Å²) in [6.45, 7) is 5.07. The molecule has 1 aliphatic heterocycles. The monoisotopic (exact) mass is 345 g/mol. The van der Waals surface area contributed by atoms with Gasteiger partial charge in [0.2, 0.25) is 0 Å². The van der Waals surface area contributed by atoms with Crippen LogP contribution in [-0.2, 0) is 11.3 Å². The van der Waals surface area contributed by atoms with Crippen molar-refractivity contribution in [2.24, 2.45) is 0 Å². The van der Waals surface area contributed by atoms with Crippen molar-refractivity contribution in [3.63, 3.8) is 0 Å². The van der Waals surface area contributed by atoms with Crippen molar-refractivity contribution >= 4 is 5.69 Å². The second-order valence-corrected chi connectivity index (χ2v) is 6.54. The molecule has 0 saturated carbocycles. The van der Waals surface area contributed by atoms with E-state index in [0.29, 0.717) is 12.1 Å². The number of piperazine rings is 1. The number of hydrogen-bond acceptors (Lipinski definition) is 3. The first-order chi connectivity index (χ1) is 12.2. The van der Waals surface area contributed by atoms with Crippen LogP contribution in [0, 0.1) is 5.82 Å². The molecule has 4 nitrogen and oxygen atoms in total. The minimum atomic E-state index is -0.523. The third kappa shape index (κ3) is 5.26. The van der Waals surface area contributed by atoms with Crippen molar-refractivity contribution in [2.75, 3.05) is 44.2 Å². The van der Waals surface area contributed by atoms with E-state index in [9.17, 15) is 9.50 Å². The summed E-state index contributed by atoms with van der Waals surface area (Å²) in [5.41, 5.74) is 1.79. The summed E-state index contributed by atoms with van der Waals surface area (Å²) in [7, 11) is 0. The lowest BCUT2D eigenvalue weighted by Gasteiger charge is -2.34. The predicted octanol–water partition coefficient (Wildman–Crippen LogP) is 1.11. The molecule has 1 fully saturated rings. The molecule has 2 N–H and O–H groups in total. The van der Waals surface area contributed by atoms with Crippen LogP contribution in [0.25, 0.3) is 0 Å². The van der Waals surface area contributed by atoms with Crippen LogP contribution in [0.15, 0.2) is 54.6 Å². The van der Waals surface area contributed by atoms with Gasteiger partial charge in [-0.25, -0.2) is 4.39 Å². The van der Waals surface area contributed by atoms with Crippen LogP contribution in [0.5, 0.6) is 0 Å². The molecule has 2 aromatic carbocycles. The molecule has 1 aliphatic rings. The third-order valence-electron chi connectivity index (χ3n) is 4.64. The average Bonchev–Trinajstić information content (AvgIpc) is 2.65. The zero-order valence-corrected chi connectivity index (χ0v) is 14.4. The van der Waals surface area contributed by atoms with Gasteiger partial charge in [-0.15, -0.1) is 0 Å². The molecule has 1 heterocycles. The van der Waals surface area contributed by atoms with E-state index in [0.717, 1.165) is 26.2 Å². The van der Waals surface area contributed by atoms with E-state index in [1.807, 2.05) is 6.07 Å². The molecule has 0 aliphatic carbocycles. The number of anilines is 1. The van der Waals surface area contributed by atoms with Gasteiger partial charge in [-0.1, -0.05) is 36.4 Å².